The molecule has 0 amide bonds. The Labute approximate surface area is 109 Å². The van der Waals surface area contributed by atoms with E-state index in [1.54, 1.807) is 11.8 Å². The Hall–Kier alpha value is -0.670. The molecule has 0 fully saturated rings. The first-order valence-corrected chi connectivity index (χ1v) is 7.42. The molecule has 2 unspecified atom stereocenters. The molecule has 96 valence electrons. The summed E-state index contributed by atoms with van der Waals surface area (Å²) in [5.74, 6) is 0.985. The lowest BCUT2D eigenvalue weighted by Crippen LogP contribution is -2.34. The molecule has 1 aromatic rings. The molecule has 0 spiro atoms. The summed E-state index contributed by atoms with van der Waals surface area (Å²) in [5.41, 5.74) is 0. The SMILES string of the molecule is CCC(C)NCC(C)Oc1ccccc1SC. The predicted octanol–water partition coefficient (Wildman–Crippen LogP) is 3.56. The third-order valence-electron chi connectivity index (χ3n) is 2.76. The zero-order chi connectivity index (χ0) is 12.7. The number of rotatable bonds is 7. The fourth-order valence-electron chi connectivity index (χ4n) is 1.49. The number of para-hydroxylation sites is 1. The van der Waals surface area contributed by atoms with Gasteiger partial charge >= 0.3 is 0 Å². The lowest BCUT2D eigenvalue weighted by molar-refractivity contribution is 0.207. The summed E-state index contributed by atoms with van der Waals surface area (Å²) < 4.78 is 5.95. The molecule has 0 saturated carbocycles. The Morgan fingerprint density at radius 2 is 2.00 bits per heavy atom. The molecule has 0 heterocycles. The van der Waals surface area contributed by atoms with Gasteiger partial charge in [-0.3, -0.25) is 0 Å². The van der Waals surface area contributed by atoms with E-state index in [9.17, 15) is 0 Å². The molecule has 1 N–H and O–H groups in total. The van der Waals surface area contributed by atoms with Gasteiger partial charge in [0.05, 0.1) is 0 Å². The minimum Gasteiger partial charge on any atom is -0.488 e. The molecule has 0 aliphatic heterocycles. The Kier molecular flexibility index (Phi) is 6.45. The van der Waals surface area contributed by atoms with Crippen LogP contribution in [0.25, 0.3) is 0 Å². The van der Waals surface area contributed by atoms with Gasteiger partial charge in [-0.05, 0) is 38.7 Å². The monoisotopic (exact) mass is 253 g/mol. The van der Waals surface area contributed by atoms with Crippen LogP contribution in [0.5, 0.6) is 5.75 Å². The molecule has 2 atom stereocenters. The van der Waals surface area contributed by atoms with Crippen molar-refractivity contribution in [2.24, 2.45) is 0 Å². The summed E-state index contributed by atoms with van der Waals surface area (Å²) >= 11 is 1.72. The molecule has 3 heteroatoms. The summed E-state index contributed by atoms with van der Waals surface area (Å²) in [6.07, 6.45) is 3.41. The van der Waals surface area contributed by atoms with E-state index < -0.39 is 0 Å². The maximum absolute atomic E-state index is 5.95. The highest BCUT2D eigenvalue weighted by Gasteiger charge is 2.08. The number of ether oxygens (including phenoxy) is 1. The van der Waals surface area contributed by atoms with Crippen molar-refractivity contribution in [2.75, 3.05) is 12.8 Å². The molecule has 0 saturated heterocycles. The van der Waals surface area contributed by atoms with E-state index >= 15 is 0 Å². The summed E-state index contributed by atoms with van der Waals surface area (Å²) in [4.78, 5) is 1.20. The number of thioether (sulfide) groups is 1. The van der Waals surface area contributed by atoms with Crippen LogP contribution in [0.4, 0.5) is 0 Å². The van der Waals surface area contributed by atoms with Gasteiger partial charge in [-0.2, -0.15) is 0 Å². The zero-order valence-corrected chi connectivity index (χ0v) is 12.0. The zero-order valence-electron chi connectivity index (χ0n) is 11.2. The average molecular weight is 253 g/mol. The summed E-state index contributed by atoms with van der Waals surface area (Å²) in [6, 6.07) is 8.74. The van der Waals surface area contributed by atoms with Gasteiger partial charge in [-0.15, -0.1) is 11.8 Å². The number of benzene rings is 1. The van der Waals surface area contributed by atoms with E-state index in [1.165, 1.54) is 4.90 Å². The second-order valence-corrected chi connectivity index (χ2v) is 5.14. The van der Waals surface area contributed by atoms with Crippen LogP contribution in [0, 0.1) is 0 Å². The van der Waals surface area contributed by atoms with E-state index in [4.69, 9.17) is 4.74 Å². The van der Waals surface area contributed by atoms with Crippen molar-refractivity contribution in [2.45, 2.75) is 44.2 Å². The first-order chi connectivity index (χ1) is 8.17. The molecular formula is C14H23NOS. The Bertz CT molecular complexity index is 330. The molecule has 1 rings (SSSR count). The maximum Gasteiger partial charge on any atom is 0.133 e. The van der Waals surface area contributed by atoms with Crippen molar-refractivity contribution in [3.8, 4) is 5.75 Å². The normalized spacial score (nSPS) is 14.4. The molecule has 1 aromatic carbocycles. The molecule has 17 heavy (non-hydrogen) atoms. The van der Waals surface area contributed by atoms with Crippen molar-refractivity contribution >= 4 is 11.8 Å². The third-order valence-corrected chi connectivity index (χ3v) is 3.54. The van der Waals surface area contributed by atoms with Crippen LogP contribution in [0.15, 0.2) is 29.2 Å². The van der Waals surface area contributed by atoms with E-state index in [0.29, 0.717) is 6.04 Å². The number of hydrogen-bond donors (Lipinski definition) is 1. The number of nitrogens with one attached hydrogen (secondary N) is 1. The first-order valence-electron chi connectivity index (χ1n) is 6.20. The average Bonchev–Trinajstić information content (AvgIpc) is 2.36. The van der Waals surface area contributed by atoms with Gasteiger partial charge in [0.2, 0.25) is 0 Å². The lowest BCUT2D eigenvalue weighted by Gasteiger charge is -2.19. The first kappa shape index (κ1) is 14.4. The minimum atomic E-state index is 0.192. The summed E-state index contributed by atoms with van der Waals surface area (Å²) in [7, 11) is 0. The van der Waals surface area contributed by atoms with Crippen molar-refractivity contribution < 1.29 is 4.74 Å². The van der Waals surface area contributed by atoms with Gasteiger partial charge in [0.15, 0.2) is 0 Å². The third kappa shape index (κ3) is 5.00. The Morgan fingerprint density at radius 3 is 2.65 bits per heavy atom. The summed E-state index contributed by atoms with van der Waals surface area (Å²) in [6.45, 7) is 7.37. The van der Waals surface area contributed by atoms with Crippen LogP contribution < -0.4 is 10.1 Å². The molecule has 0 radical (unpaired) electrons. The van der Waals surface area contributed by atoms with Gasteiger partial charge in [-0.25, -0.2) is 0 Å². The minimum absolute atomic E-state index is 0.192. The molecule has 2 nitrogen and oxygen atoms in total. The summed E-state index contributed by atoms with van der Waals surface area (Å²) in [5, 5.41) is 3.46. The maximum atomic E-state index is 5.95. The van der Waals surface area contributed by atoms with Gasteiger partial charge in [0.1, 0.15) is 11.9 Å². The highest BCUT2D eigenvalue weighted by Crippen LogP contribution is 2.27. The van der Waals surface area contributed by atoms with Crippen LogP contribution in [0.1, 0.15) is 27.2 Å². The van der Waals surface area contributed by atoms with Crippen LogP contribution in [0.2, 0.25) is 0 Å². The van der Waals surface area contributed by atoms with Crippen LogP contribution in [-0.2, 0) is 0 Å². The smallest absolute Gasteiger partial charge is 0.133 e. The molecule has 0 aliphatic rings. The Morgan fingerprint density at radius 1 is 1.29 bits per heavy atom. The Balaban J connectivity index is 2.47. The quantitative estimate of drug-likeness (QED) is 0.751. The lowest BCUT2D eigenvalue weighted by atomic mass is 10.2. The van der Waals surface area contributed by atoms with Crippen LogP contribution in [0.3, 0.4) is 0 Å². The highest BCUT2D eigenvalue weighted by atomic mass is 32.2. The van der Waals surface area contributed by atoms with E-state index in [2.05, 4.69) is 38.4 Å². The molecule has 0 aliphatic carbocycles. The second-order valence-electron chi connectivity index (χ2n) is 4.30. The van der Waals surface area contributed by atoms with Gasteiger partial charge in [-0.1, -0.05) is 19.1 Å². The van der Waals surface area contributed by atoms with Crippen molar-refractivity contribution in [3.63, 3.8) is 0 Å². The highest BCUT2D eigenvalue weighted by molar-refractivity contribution is 7.98. The second kappa shape index (κ2) is 7.62. The fourth-order valence-corrected chi connectivity index (χ4v) is 2.02. The standard InChI is InChI=1S/C14H23NOS/c1-5-11(2)15-10-12(3)16-13-8-6-7-9-14(13)17-4/h6-9,11-12,15H,5,10H2,1-4H3. The molecule has 0 aromatic heterocycles. The van der Waals surface area contributed by atoms with E-state index in [0.717, 1.165) is 18.7 Å². The van der Waals surface area contributed by atoms with Gasteiger partial charge < -0.3 is 10.1 Å². The van der Waals surface area contributed by atoms with Crippen LogP contribution >= 0.6 is 11.8 Å². The fraction of sp³-hybridized carbons (Fsp3) is 0.571. The van der Waals surface area contributed by atoms with Crippen LogP contribution in [-0.4, -0.2) is 24.9 Å². The topological polar surface area (TPSA) is 21.3 Å². The van der Waals surface area contributed by atoms with E-state index in [-0.39, 0.29) is 6.10 Å². The van der Waals surface area contributed by atoms with E-state index in [1.807, 2.05) is 18.2 Å². The van der Waals surface area contributed by atoms with Crippen molar-refractivity contribution in [1.29, 1.82) is 0 Å². The predicted molar refractivity (Wildman–Crippen MR) is 76.1 cm³/mol. The number of hydrogen-bond acceptors (Lipinski definition) is 3. The largest absolute Gasteiger partial charge is 0.488 e. The molecule has 0 bridgehead atoms. The van der Waals surface area contributed by atoms with Gasteiger partial charge in [0, 0.05) is 17.5 Å². The van der Waals surface area contributed by atoms with Crippen molar-refractivity contribution in [3.05, 3.63) is 24.3 Å². The van der Waals surface area contributed by atoms with Crippen molar-refractivity contribution in [1.82, 2.24) is 5.32 Å². The molecular weight excluding hydrogens is 230 g/mol. The van der Waals surface area contributed by atoms with Gasteiger partial charge in [0.25, 0.3) is 0 Å².